The number of quaternary nitrogens is 1. The quantitative estimate of drug-likeness (QED) is 0.639. The molecule has 0 bridgehead atoms. The van der Waals surface area contributed by atoms with Crippen molar-refractivity contribution in [2.45, 2.75) is 39.3 Å². The van der Waals surface area contributed by atoms with Crippen LogP contribution < -0.4 is 20.3 Å². The average molecular weight is 394 g/mol. The van der Waals surface area contributed by atoms with Gasteiger partial charge in [-0.1, -0.05) is 12.1 Å². The summed E-state index contributed by atoms with van der Waals surface area (Å²) in [5.74, 6) is 0.971. The number of nitrogens with one attached hydrogen (secondary N) is 3. The summed E-state index contributed by atoms with van der Waals surface area (Å²) in [5.41, 5.74) is 0.987. The van der Waals surface area contributed by atoms with Gasteiger partial charge in [0.1, 0.15) is 5.75 Å². The second-order valence-electron chi connectivity index (χ2n) is 8.07. The Bertz CT molecular complexity index is 628. The molecule has 3 N–H and O–H groups in total. The number of carbonyl (C=O) groups is 1. The molecule has 0 aliphatic carbocycles. The third-order valence-corrected chi connectivity index (χ3v) is 4.91. The molecule has 1 aliphatic rings. The average Bonchev–Trinajstić information content (AvgIpc) is 2.84. The molecule has 1 aromatic rings. The van der Waals surface area contributed by atoms with Crippen LogP contribution in [-0.4, -0.2) is 61.3 Å². The Morgan fingerprint density at radius 2 is 1.93 bits per heavy atom. The smallest absolute Gasteiger partial charge is 0.275 e. The molecule has 1 heterocycles. The molecule has 150 valence electrons. The Labute approximate surface area is 168 Å². The number of ether oxygens (including phenoxy) is 1. The van der Waals surface area contributed by atoms with E-state index in [4.69, 9.17) is 17.0 Å². The minimum atomic E-state index is -0.179. The molecule has 1 aromatic carbocycles. The van der Waals surface area contributed by atoms with Crippen molar-refractivity contribution in [3.63, 3.8) is 0 Å². The molecule has 7 heteroatoms. The first-order valence-corrected chi connectivity index (χ1v) is 9.98. The van der Waals surface area contributed by atoms with Crippen LogP contribution in [-0.2, 0) is 11.3 Å². The number of benzene rings is 1. The molecule has 1 unspecified atom stereocenters. The highest BCUT2D eigenvalue weighted by Gasteiger charge is 2.23. The Morgan fingerprint density at radius 3 is 2.56 bits per heavy atom. The fourth-order valence-corrected chi connectivity index (χ4v) is 3.41. The first kappa shape index (κ1) is 21.4. The maximum atomic E-state index is 12.2. The number of thiocarbonyl (C=S) groups is 1. The fraction of sp³-hybridized carbons (Fsp3) is 0.600. The maximum absolute atomic E-state index is 12.2. The first-order valence-electron chi connectivity index (χ1n) is 9.57. The highest BCUT2D eigenvalue weighted by atomic mass is 32.1. The number of methoxy groups -OCH3 is 1. The van der Waals surface area contributed by atoms with Crippen LogP contribution in [0.5, 0.6) is 5.75 Å². The highest BCUT2D eigenvalue weighted by Crippen LogP contribution is 2.11. The van der Waals surface area contributed by atoms with Gasteiger partial charge in [-0.3, -0.25) is 4.79 Å². The van der Waals surface area contributed by atoms with Crippen molar-refractivity contribution in [3.8, 4) is 5.75 Å². The third kappa shape index (κ3) is 7.72. The number of rotatable bonds is 5. The van der Waals surface area contributed by atoms with E-state index in [0.717, 1.165) is 43.5 Å². The van der Waals surface area contributed by atoms with E-state index < -0.39 is 0 Å². The number of carbonyl (C=O) groups excluding carboxylic acids is 1. The van der Waals surface area contributed by atoms with Crippen LogP contribution in [0.4, 0.5) is 0 Å². The van der Waals surface area contributed by atoms with Crippen LogP contribution in [0.25, 0.3) is 0 Å². The summed E-state index contributed by atoms with van der Waals surface area (Å²) in [6, 6.07) is 7.99. The Balaban J connectivity index is 1.77. The fourth-order valence-electron chi connectivity index (χ4n) is 3.15. The summed E-state index contributed by atoms with van der Waals surface area (Å²) in [7, 11) is 1.67. The number of amides is 1. The largest absolute Gasteiger partial charge is 0.497 e. The van der Waals surface area contributed by atoms with Crippen LogP contribution in [0.2, 0.25) is 0 Å². The van der Waals surface area contributed by atoms with Crippen LogP contribution in [0, 0.1) is 0 Å². The van der Waals surface area contributed by atoms with E-state index in [1.807, 2.05) is 45.0 Å². The zero-order chi connectivity index (χ0) is 19.9. The minimum Gasteiger partial charge on any atom is -0.497 e. The van der Waals surface area contributed by atoms with Crippen LogP contribution >= 0.6 is 12.2 Å². The molecule has 0 spiro atoms. The van der Waals surface area contributed by atoms with Gasteiger partial charge in [0.05, 0.1) is 26.7 Å². The highest BCUT2D eigenvalue weighted by molar-refractivity contribution is 7.80. The van der Waals surface area contributed by atoms with Crippen molar-refractivity contribution < 1.29 is 14.4 Å². The molecule has 2 rings (SSSR count). The Hall–Kier alpha value is -1.86. The number of nitrogens with zero attached hydrogens (tertiary/aromatic N) is 1. The topological polar surface area (TPSA) is 58.0 Å². The molecule has 1 atom stereocenters. The molecule has 6 nitrogen and oxygen atoms in total. The summed E-state index contributed by atoms with van der Waals surface area (Å²) in [4.78, 5) is 15.7. The van der Waals surface area contributed by atoms with E-state index in [9.17, 15) is 4.79 Å². The Kier molecular flexibility index (Phi) is 7.86. The second kappa shape index (κ2) is 9.90. The molecule has 0 saturated carbocycles. The predicted octanol–water partition coefficient (Wildman–Crippen LogP) is 0.575. The van der Waals surface area contributed by atoms with Gasteiger partial charge in [-0.25, -0.2) is 0 Å². The van der Waals surface area contributed by atoms with E-state index in [1.54, 1.807) is 7.11 Å². The zero-order valence-corrected chi connectivity index (χ0v) is 17.7. The number of hydrogen-bond donors (Lipinski definition) is 3. The maximum Gasteiger partial charge on any atom is 0.275 e. The lowest BCUT2D eigenvalue weighted by Crippen LogP contribution is -3.13. The normalized spacial score (nSPS) is 17.8. The van der Waals surface area contributed by atoms with Crippen molar-refractivity contribution in [2.24, 2.45) is 0 Å². The molecule has 1 aliphatic heterocycles. The van der Waals surface area contributed by atoms with Crippen LogP contribution in [0.3, 0.4) is 0 Å². The SMILES string of the molecule is COc1ccc(CNC(=S)N2CCC[NH+](CC(=O)NC(C)(C)C)CC2)cc1. The monoisotopic (exact) mass is 393 g/mol. The van der Waals surface area contributed by atoms with E-state index in [0.29, 0.717) is 13.1 Å². The van der Waals surface area contributed by atoms with Gasteiger partial charge < -0.3 is 25.2 Å². The molecule has 0 radical (unpaired) electrons. The summed E-state index contributed by atoms with van der Waals surface area (Å²) >= 11 is 5.58. The molecule has 1 saturated heterocycles. The van der Waals surface area contributed by atoms with Gasteiger partial charge in [0.2, 0.25) is 0 Å². The lowest BCUT2D eigenvalue weighted by molar-refractivity contribution is -0.889. The Morgan fingerprint density at radius 1 is 1.22 bits per heavy atom. The summed E-state index contributed by atoms with van der Waals surface area (Å²) in [5, 5.41) is 7.18. The second-order valence-corrected chi connectivity index (χ2v) is 8.46. The molecular weight excluding hydrogens is 360 g/mol. The van der Waals surface area contributed by atoms with E-state index >= 15 is 0 Å². The van der Waals surface area contributed by atoms with E-state index in [2.05, 4.69) is 15.5 Å². The van der Waals surface area contributed by atoms with Gasteiger partial charge >= 0.3 is 0 Å². The van der Waals surface area contributed by atoms with Gasteiger partial charge in [0.25, 0.3) is 5.91 Å². The minimum absolute atomic E-state index is 0.117. The van der Waals surface area contributed by atoms with Gasteiger partial charge in [-0.15, -0.1) is 0 Å². The van der Waals surface area contributed by atoms with Crippen molar-refractivity contribution >= 4 is 23.2 Å². The van der Waals surface area contributed by atoms with E-state index in [1.165, 1.54) is 10.5 Å². The lowest BCUT2D eigenvalue weighted by Gasteiger charge is -2.24. The predicted molar refractivity (Wildman–Crippen MR) is 112 cm³/mol. The van der Waals surface area contributed by atoms with Crippen LogP contribution in [0.15, 0.2) is 24.3 Å². The zero-order valence-electron chi connectivity index (χ0n) is 16.9. The van der Waals surface area contributed by atoms with Crippen LogP contribution in [0.1, 0.15) is 32.8 Å². The lowest BCUT2D eigenvalue weighted by atomic mass is 10.1. The van der Waals surface area contributed by atoms with Gasteiger partial charge in [0.15, 0.2) is 11.7 Å². The molecule has 1 fully saturated rings. The summed E-state index contributed by atoms with van der Waals surface area (Å²) in [6.45, 7) is 11.0. The van der Waals surface area contributed by atoms with Gasteiger partial charge in [-0.2, -0.15) is 0 Å². The van der Waals surface area contributed by atoms with Crippen molar-refractivity contribution in [3.05, 3.63) is 29.8 Å². The standard InChI is InChI=1S/C20H32N4O2S/c1-20(2,3)22-18(25)15-23-10-5-11-24(13-12-23)19(27)21-14-16-6-8-17(26-4)9-7-16/h6-9H,5,10-15H2,1-4H3,(H,21,27)(H,22,25)/p+1. The van der Waals surface area contributed by atoms with Gasteiger partial charge in [-0.05, 0) is 50.7 Å². The molecule has 27 heavy (non-hydrogen) atoms. The summed E-state index contributed by atoms with van der Waals surface area (Å²) in [6.07, 6.45) is 1.03. The number of hydrogen-bond acceptors (Lipinski definition) is 3. The third-order valence-electron chi connectivity index (χ3n) is 4.51. The first-order chi connectivity index (χ1) is 12.8. The van der Waals surface area contributed by atoms with E-state index in [-0.39, 0.29) is 11.4 Å². The van der Waals surface area contributed by atoms with Crippen molar-refractivity contribution in [1.29, 1.82) is 0 Å². The van der Waals surface area contributed by atoms with Gasteiger partial charge in [0, 0.05) is 25.0 Å². The van der Waals surface area contributed by atoms with Crippen molar-refractivity contribution in [2.75, 3.05) is 39.8 Å². The summed E-state index contributed by atoms with van der Waals surface area (Å²) < 4.78 is 5.18. The van der Waals surface area contributed by atoms with Crippen molar-refractivity contribution in [1.82, 2.24) is 15.5 Å². The molecule has 0 aromatic heterocycles. The molecular formula is C20H33N4O2S+. The molecule has 1 amide bonds.